The molecule has 1 aliphatic heterocycles. The van der Waals surface area contributed by atoms with E-state index < -0.39 is 0 Å². The van der Waals surface area contributed by atoms with E-state index in [0.717, 1.165) is 31.7 Å². The summed E-state index contributed by atoms with van der Waals surface area (Å²) in [4.78, 5) is 4.71. The van der Waals surface area contributed by atoms with E-state index in [1.54, 1.807) is 6.07 Å². The summed E-state index contributed by atoms with van der Waals surface area (Å²) in [6, 6.07) is 6.05. The highest BCUT2D eigenvalue weighted by molar-refractivity contribution is 6.32. The number of likely N-dealkylation sites (N-methyl/N-ethyl adjacent to an activating group) is 1. The molecule has 0 amide bonds. The molecule has 0 spiro atoms. The van der Waals surface area contributed by atoms with Gasteiger partial charge < -0.3 is 10.0 Å². The zero-order valence-corrected chi connectivity index (χ0v) is 11.1. The van der Waals surface area contributed by atoms with E-state index in [0.29, 0.717) is 11.1 Å². The molecule has 0 aromatic heterocycles. The first kappa shape index (κ1) is 12.7. The fourth-order valence-corrected chi connectivity index (χ4v) is 2.51. The molecule has 0 bridgehead atoms. The molecule has 0 radical (unpaired) electrons. The van der Waals surface area contributed by atoms with Crippen LogP contribution in [0.25, 0.3) is 0 Å². The SMILES string of the molecule is CC1CN(C)CCN1Cc1cccc(Cl)c1O. The molecule has 0 saturated carbocycles. The zero-order chi connectivity index (χ0) is 12.4. The van der Waals surface area contributed by atoms with Gasteiger partial charge in [-0.1, -0.05) is 23.7 Å². The number of nitrogens with zero attached hydrogens (tertiary/aromatic N) is 2. The van der Waals surface area contributed by atoms with Crippen molar-refractivity contribution in [2.45, 2.75) is 19.5 Å². The van der Waals surface area contributed by atoms with Gasteiger partial charge in [0, 0.05) is 37.8 Å². The number of benzene rings is 1. The average Bonchev–Trinajstić information content (AvgIpc) is 2.28. The van der Waals surface area contributed by atoms with Crippen LogP contribution in [-0.4, -0.2) is 47.6 Å². The van der Waals surface area contributed by atoms with Gasteiger partial charge in [0.15, 0.2) is 0 Å². The summed E-state index contributed by atoms with van der Waals surface area (Å²) >= 11 is 5.91. The van der Waals surface area contributed by atoms with Crippen molar-refractivity contribution in [3.05, 3.63) is 28.8 Å². The number of piperazine rings is 1. The molecular weight excluding hydrogens is 236 g/mol. The van der Waals surface area contributed by atoms with Gasteiger partial charge in [0.1, 0.15) is 5.75 Å². The molecule has 1 aromatic rings. The first-order chi connectivity index (χ1) is 8.08. The summed E-state index contributed by atoms with van der Waals surface area (Å²) in [5.41, 5.74) is 0.911. The number of hydrogen-bond acceptors (Lipinski definition) is 3. The van der Waals surface area contributed by atoms with Crippen LogP contribution in [0.4, 0.5) is 0 Å². The van der Waals surface area contributed by atoms with E-state index in [2.05, 4.69) is 23.8 Å². The Kier molecular flexibility index (Phi) is 3.92. The molecule has 0 aliphatic carbocycles. The lowest BCUT2D eigenvalue weighted by Crippen LogP contribution is -2.49. The number of phenols is 1. The maximum Gasteiger partial charge on any atom is 0.138 e. The van der Waals surface area contributed by atoms with Crippen molar-refractivity contribution in [1.82, 2.24) is 9.80 Å². The van der Waals surface area contributed by atoms with Crippen molar-refractivity contribution in [3.8, 4) is 5.75 Å². The molecule has 1 unspecified atom stereocenters. The van der Waals surface area contributed by atoms with Crippen LogP contribution in [0, 0.1) is 0 Å². The Balaban J connectivity index is 2.08. The number of halogens is 1. The van der Waals surface area contributed by atoms with Gasteiger partial charge in [-0.05, 0) is 20.0 Å². The van der Waals surface area contributed by atoms with Crippen LogP contribution >= 0.6 is 11.6 Å². The monoisotopic (exact) mass is 254 g/mol. The minimum atomic E-state index is 0.222. The molecule has 1 heterocycles. The van der Waals surface area contributed by atoms with Crippen LogP contribution in [0.2, 0.25) is 5.02 Å². The van der Waals surface area contributed by atoms with E-state index in [1.165, 1.54) is 0 Å². The predicted octanol–water partition coefficient (Wildman–Crippen LogP) is 2.18. The minimum absolute atomic E-state index is 0.222. The second-order valence-electron chi connectivity index (χ2n) is 4.83. The first-order valence-corrected chi connectivity index (χ1v) is 6.34. The fraction of sp³-hybridized carbons (Fsp3) is 0.538. The Labute approximate surface area is 108 Å². The number of aromatic hydroxyl groups is 1. The van der Waals surface area contributed by atoms with E-state index in [4.69, 9.17) is 11.6 Å². The Morgan fingerprint density at radius 2 is 2.18 bits per heavy atom. The van der Waals surface area contributed by atoms with Gasteiger partial charge in [0.05, 0.1) is 5.02 Å². The van der Waals surface area contributed by atoms with Crippen LogP contribution in [0.1, 0.15) is 12.5 Å². The summed E-state index contributed by atoms with van der Waals surface area (Å²) < 4.78 is 0. The number of hydrogen-bond donors (Lipinski definition) is 1. The van der Waals surface area contributed by atoms with Crippen LogP contribution in [-0.2, 0) is 6.54 Å². The van der Waals surface area contributed by atoms with Crippen molar-refractivity contribution < 1.29 is 5.11 Å². The summed E-state index contributed by atoms with van der Waals surface area (Å²) in [6.45, 7) is 6.16. The highest BCUT2D eigenvalue weighted by Gasteiger charge is 2.22. The minimum Gasteiger partial charge on any atom is -0.506 e. The van der Waals surface area contributed by atoms with Gasteiger partial charge in [-0.3, -0.25) is 4.90 Å². The van der Waals surface area contributed by atoms with Gasteiger partial charge in [0.2, 0.25) is 0 Å². The quantitative estimate of drug-likeness (QED) is 0.877. The Morgan fingerprint density at radius 3 is 2.88 bits per heavy atom. The van der Waals surface area contributed by atoms with E-state index in [9.17, 15) is 5.11 Å². The second-order valence-corrected chi connectivity index (χ2v) is 5.24. The lowest BCUT2D eigenvalue weighted by atomic mass is 10.1. The molecule has 94 valence electrons. The molecule has 1 atom stereocenters. The van der Waals surface area contributed by atoms with Crippen LogP contribution in [0.3, 0.4) is 0 Å². The van der Waals surface area contributed by atoms with Crippen molar-refractivity contribution in [2.75, 3.05) is 26.7 Å². The molecule has 1 fully saturated rings. The third kappa shape index (κ3) is 2.92. The Bertz CT molecular complexity index is 397. The normalized spacial score (nSPS) is 22.9. The van der Waals surface area contributed by atoms with Gasteiger partial charge in [-0.2, -0.15) is 0 Å². The van der Waals surface area contributed by atoms with Gasteiger partial charge in [0.25, 0.3) is 0 Å². The van der Waals surface area contributed by atoms with Crippen LogP contribution < -0.4 is 0 Å². The van der Waals surface area contributed by atoms with Crippen molar-refractivity contribution in [1.29, 1.82) is 0 Å². The molecule has 1 N–H and O–H groups in total. The first-order valence-electron chi connectivity index (χ1n) is 5.97. The summed E-state index contributed by atoms with van der Waals surface area (Å²) in [5.74, 6) is 0.222. The number of phenolic OH excluding ortho intramolecular Hbond substituents is 1. The molecular formula is C13H19ClN2O. The Hall–Kier alpha value is -0.770. The van der Waals surface area contributed by atoms with E-state index >= 15 is 0 Å². The topological polar surface area (TPSA) is 26.7 Å². The smallest absolute Gasteiger partial charge is 0.138 e. The lowest BCUT2D eigenvalue weighted by Gasteiger charge is -2.38. The molecule has 1 saturated heterocycles. The lowest BCUT2D eigenvalue weighted by molar-refractivity contribution is 0.0931. The average molecular weight is 255 g/mol. The molecule has 1 aromatic carbocycles. The second kappa shape index (κ2) is 5.25. The number of para-hydroxylation sites is 1. The van der Waals surface area contributed by atoms with Crippen molar-refractivity contribution in [2.24, 2.45) is 0 Å². The van der Waals surface area contributed by atoms with Crippen molar-refractivity contribution in [3.63, 3.8) is 0 Å². The van der Waals surface area contributed by atoms with Gasteiger partial charge >= 0.3 is 0 Å². The van der Waals surface area contributed by atoms with Crippen LogP contribution in [0.15, 0.2) is 18.2 Å². The predicted molar refractivity (Wildman–Crippen MR) is 70.5 cm³/mol. The van der Waals surface area contributed by atoms with Crippen LogP contribution in [0.5, 0.6) is 5.75 Å². The van der Waals surface area contributed by atoms with E-state index in [1.807, 2.05) is 12.1 Å². The zero-order valence-electron chi connectivity index (χ0n) is 10.4. The molecule has 1 aliphatic rings. The standard InChI is InChI=1S/C13H19ClN2O/c1-10-8-15(2)6-7-16(10)9-11-4-3-5-12(14)13(11)17/h3-5,10,17H,6-9H2,1-2H3. The fourth-order valence-electron chi connectivity index (χ4n) is 2.32. The summed E-state index contributed by atoms with van der Waals surface area (Å²) in [5, 5.41) is 10.3. The van der Waals surface area contributed by atoms with Crippen molar-refractivity contribution >= 4 is 11.6 Å². The summed E-state index contributed by atoms with van der Waals surface area (Å²) in [6.07, 6.45) is 0. The third-order valence-electron chi connectivity index (χ3n) is 3.41. The maximum atomic E-state index is 9.90. The van der Waals surface area contributed by atoms with Gasteiger partial charge in [-0.25, -0.2) is 0 Å². The molecule has 17 heavy (non-hydrogen) atoms. The summed E-state index contributed by atoms with van der Waals surface area (Å²) in [7, 11) is 2.14. The highest BCUT2D eigenvalue weighted by Crippen LogP contribution is 2.28. The highest BCUT2D eigenvalue weighted by atomic mass is 35.5. The van der Waals surface area contributed by atoms with E-state index in [-0.39, 0.29) is 5.75 Å². The number of rotatable bonds is 2. The van der Waals surface area contributed by atoms with Gasteiger partial charge in [-0.15, -0.1) is 0 Å². The Morgan fingerprint density at radius 1 is 1.41 bits per heavy atom. The third-order valence-corrected chi connectivity index (χ3v) is 3.72. The maximum absolute atomic E-state index is 9.90. The molecule has 3 nitrogen and oxygen atoms in total. The molecule has 4 heteroatoms. The molecule has 2 rings (SSSR count). The largest absolute Gasteiger partial charge is 0.506 e.